The van der Waals surface area contributed by atoms with Crippen LogP contribution in [0.3, 0.4) is 0 Å². The number of amides is 2. The number of thioether (sulfide) groups is 1. The Labute approximate surface area is 171 Å². The van der Waals surface area contributed by atoms with Crippen molar-refractivity contribution in [3.8, 4) is 0 Å². The van der Waals surface area contributed by atoms with E-state index in [1.54, 1.807) is 29.7 Å². The Morgan fingerprint density at radius 2 is 2.14 bits per heavy atom. The number of carbonyl (C=O) groups excluding carboxylic acids is 2. The van der Waals surface area contributed by atoms with Gasteiger partial charge in [-0.05, 0) is 60.7 Å². The Morgan fingerprint density at radius 1 is 1.29 bits per heavy atom. The zero-order chi connectivity index (χ0) is 19.3. The maximum Gasteiger partial charge on any atom is 0.290 e. The van der Waals surface area contributed by atoms with Crippen molar-refractivity contribution in [3.63, 3.8) is 0 Å². The summed E-state index contributed by atoms with van der Waals surface area (Å²) in [4.78, 5) is 35.8. The van der Waals surface area contributed by atoms with Crippen LogP contribution in [0, 0.1) is 5.92 Å². The molecule has 0 radical (unpaired) electrons. The van der Waals surface area contributed by atoms with Crippen molar-refractivity contribution in [3.05, 3.63) is 45.3 Å². The fraction of sp³-hybridized carbons (Fsp3) is 0.368. The molecule has 2 amide bonds. The molecule has 4 heterocycles. The summed E-state index contributed by atoms with van der Waals surface area (Å²) >= 11 is 2.68. The predicted octanol–water partition coefficient (Wildman–Crippen LogP) is 2.87. The van der Waals surface area contributed by atoms with Crippen LogP contribution in [0.2, 0.25) is 0 Å². The molecule has 28 heavy (non-hydrogen) atoms. The summed E-state index contributed by atoms with van der Waals surface area (Å²) in [6.45, 7) is 3.79. The van der Waals surface area contributed by atoms with E-state index >= 15 is 0 Å². The zero-order valence-electron chi connectivity index (χ0n) is 15.3. The molecule has 146 valence electrons. The lowest BCUT2D eigenvalue weighted by atomic mass is 9.97. The van der Waals surface area contributed by atoms with Gasteiger partial charge in [-0.15, -0.1) is 11.3 Å². The predicted molar refractivity (Wildman–Crippen MR) is 112 cm³/mol. The maximum absolute atomic E-state index is 11.7. The van der Waals surface area contributed by atoms with Crippen molar-refractivity contribution in [1.29, 1.82) is 0 Å². The molecule has 2 N–H and O–H groups in total. The average molecular weight is 416 g/mol. The van der Waals surface area contributed by atoms with Crippen LogP contribution >= 0.6 is 23.1 Å². The molecule has 2 aromatic heterocycles. The number of imide groups is 1. The number of aromatic nitrogens is 2. The van der Waals surface area contributed by atoms with E-state index in [-0.39, 0.29) is 11.1 Å². The van der Waals surface area contributed by atoms with Gasteiger partial charge in [0.2, 0.25) is 5.95 Å². The number of hydrogen-bond acceptors (Lipinski definition) is 8. The van der Waals surface area contributed by atoms with Crippen molar-refractivity contribution in [2.24, 2.45) is 5.92 Å². The molecule has 0 aromatic carbocycles. The van der Waals surface area contributed by atoms with E-state index in [1.165, 1.54) is 4.88 Å². The summed E-state index contributed by atoms with van der Waals surface area (Å²) in [6.07, 6.45) is 5.53. The zero-order valence-corrected chi connectivity index (χ0v) is 16.9. The van der Waals surface area contributed by atoms with E-state index in [2.05, 4.69) is 43.0 Å². The summed E-state index contributed by atoms with van der Waals surface area (Å²) in [5, 5.41) is 7.57. The molecule has 4 rings (SSSR count). The third-order valence-electron chi connectivity index (χ3n) is 4.80. The Balaban J connectivity index is 1.30. The van der Waals surface area contributed by atoms with Gasteiger partial charge in [0.1, 0.15) is 0 Å². The molecule has 0 spiro atoms. The third-order valence-corrected chi connectivity index (χ3v) is 6.48. The van der Waals surface area contributed by atoms with Crippen molar-refractivity contribution >= 4 is 46.3 Å². The molecule has 0 atom stereocenters. The van der Waals surface area contributed by atoms with Gasteiger partial charge in [-0.1, -0.05) is 6.07 Å². The minimum absolute atomic E-state index is 0.347. The lowest BCUT2D eigenvalue weighted by Crippen LogP contribution is -2.38. The highest BCUT2D eigenvalue weighted by Crippen LogP contribution is 2.26. The quantitative estimate of drug-likeness (QED) is 0.702. The lowest BCUT2D eigenvalue weighted by molar-refractivity contribution is -0.115. The molecular weight excluding hydrogens is 394 g/mol. The number of thiophene rings is 1. The largest absolute Gasteiger partial charge is 0.341 e. The summed E-state index contributed by atoms with van der Waals surface area (Å²) < 4.78 is 0. The molecule has 0 bridgehead atoms. The van der Waals surface area contributed by atoms with E-state index in [9.17, 15) is 9.59 Å². The second-order valence-electron chi connectivity index (χ2n) is 6.77. The van der Waals surface area contributed by atoms with E-state index in [4.69, 9.17) is 0 Å². The lowest BCUT2D eigenvalue weighted by Gasteiger charge is -2.32. The SMILES string of the molecule is O=C1NC(=O)C(=Cc2ccnc(N3CCC(CNCc4cccs4)CC3)n2)S1. The fourth-order valence-corrected chi connectivity index (χ4v) is 4.64. The minimum atomic E-state index is -0.369. The Kier molecular flexibility index (Phi) is 6.04. The first-order chi connectivity index (χ1) is 13.7. The van der Waals surface area contributed by atoms with Crippen LogP contribution in [0.25, 0.3) is 6.08 Å². The maximum atomic E-state index is 11.7. The summed E-state index contributed by atoms with van der Waals surface area (Å²) in [6, 6.07) is 5.98. The highest BCUT2D eigenvalue weighted by molar-refractivity contribution is 8.18. The number of rotatable bonds is 6. The number of nitrogens with one attached hydrogen (secondary N) is 2. The first kappa shape index (κ1) is 19.1. The van der Waals surface area contributed by atoms with Crippen LogP contribution in [-0.4, -0.2) is 40.7 Å². The number of carbonyl (C=O) groups is 2. The molecule has 9 heteroatoms. The topological polar surface area (TPSA) is 87.2 Å². The number of piperidine rings is 1. The average Bonchev–Trinajstić information content (AvgIpc) is 3.32. The van der Waals surface area contributed by atoms with Crippen molar-refractivity contribution < 1.29 is 9.59 Å². The smallest absolute Gasteiger partial charge is 0.290 e. The molecule has 2 fully saturated rings. The molecule has 2 aliphatic rings. The van der Waals surface area contributed by atoms with Crippen LogP contribution in [0.15, 0.2) is 34.7 Å². The second kappa shape index (κ2) is 8.85. The molecule has 2 saturated heterocycles. The van der Waals surface area contributed by atoms with Crippen molar-refractivity contribution in [2.75, 3.05) is 24.5 Å². The molecule has 0 unspecified atom stereocenters. The van der Waals surface area contributed by atoms with Gasteiger partial charge in [0.15, 0.2) is 0 Å². The Bertz CT molecular complexity index is 876. The van der Waals surface area contributed by atoms with Gasteiger partial charge < -0.3 is 10.2 Å². The van der Waals surface area contributed by atoms with Crippen LogP contribution < -0.4 is 15.5 Å². The monoisotopic (exact) mass is 415 g/mol. The summed E-state index contributed by atoms with van der Waals surface area (Å²) in [5.74, 6) is 0.964. The first-order valence-corrected chi connectivity index (χ1v) is 10.9. The number of hydrogen-bond donors (Lipinski definition) is 2. The van der Waals surface area contributed by atoms with Gasteiger partial charge in [0.25, 0.3) is 11.1 Å². The van der Waals surface area contributed by atoms with Crippen LogP contribution in [0.1, 0.15) is 23.4 Å². The van der Waals surface area contributed by atoms with Gasteiger partial charge >= 0.3 is 0 Å². The van der Waals surface area contributed by atoms with Gasteiger partial charge in [-0.25, -0.2) is 9.97 Å². The van der Waals surface area contributed by atoms with Crippen LogP contribution in [-0.2, 0) is 11.3 Å². The van der Waals surface area contributed by atoms with E-state index in [1.807, 2.05) is 0 Å². The van der Waals surface area contributed by atoms with Gasteiger partial charge in [0.05, 0.1) is 10.6 Å². The van der Waals surface area contributed by atoms with Crippen molar-refractivity contribution in [2.45, 2.75) is 19.4 Å². The van der Waals surface area contributed by atoms with Crippen molar-refractivity contribution in [1.82, 2.24) is 20.6 Å². The standard InChI is InChI=1S/C19H21N5O2S2/c25-17-16(28-19(26)23-17)10-14-3-6-21-18(22-14)24-7-4-13(5-8-24)11-20-12-15-2-1-9-27-15/h1-3,6,9-10,13,20H,4-5,7-8,11-12H2,(H,23,25,26). The third kappa shape index (κ3) is 4.78. The molecule has 2 aromatic rings. The van der Waals surface area contributed by atoms with Gasteiger partial charge in [-0.2, -0.15) is 0 Å². The highest BCUT2D eigenvalue weighted by Gasteiger charge is 2.25. The minimum Gasteiger partial charge on any atom is -0.341 e. The number of nitrogens with zero attached hydrogens (tertiary/aromatic N) is 3. The van der Waals surface area contributed by atoms with Gasteiger partial charge in [0, 0.05) is 30.7 Å². The summed E-state index contributed by atoms with van der Waals surface area (Å²) in [5.41, 5.74) is 0.636. The first-order valence-electron chi connectivity index (χ1n) is 9.23. The normalized spacial score (nSPS) is 19.4. The fourth-order valence-electron chi connectivity index (χ4n) is 3.30. The molecular formula is C19H21N5O2S2. The molecule has 0 saturated carbocycles. The highest BCUT2D eigenvalue weighted by atomic mass is 32.2. The van der Waals surface area contributed by atoms with Gasteiger partial charge in [-0.3, -0.25) is 14.9 Å². The van der Waals surface area contributed by atoms with E-state index in [0.717, 1.165) is 50.8 Å². The molecule has 7 nitrogen and oxygen atoms in total. The number of anilines is 1. The summed E-state index contributed by atoms with van der Waals surface area (Å²) in [7, 11) is 0. The molecule has 0 aliphatic carbocycles. The Morgan fingerprint density at radius 3 is 2.86 bits per heavy atom. The van der Waals surface area contributed by atoms with E-state index < -0.39 is 0 Å². The van der Waals surface area contributed by atoms with Crippen LogP contribution in [0.4, 0.5) is 10.7 Å². The van der Waals surface area contributed by atoms with E-state index in [0.29, 0.717) is 22.5 Å². The van der Waals surface area contributed by atoms with Crippen LogP contribution in [0.5, 0.6) is 0 Å². The second-order valence-corrected chi connectivity index (χ2v) is 8.82. The molecule has 2 aliphatic heterocycles. The Hall–Kier alpha value is -2.23.